The Kier molecular flexibility index (Phi) is 12.8. The summed E-state index contributed by atoms with van der Waals surface area (Å²) in [7, 11) is 0. The van der Waals surface area contributed by atoms with Crippen LogP contribution >= 0.6 is 11.9 Å². The fourth-order valence-electron chi connectivity index (χ4n) is 3.80. The van der Waals surface area contributed by atoms with Crippen LogP contribution in [-0.2, 0) is 16.1 Å². The van der Waals surface area contributed by atoms with Crippen molar-refractivity contribution in [2.45, 2.75) is 57.3 Å². The molecule has 1 fully saturated rings. The lowest BCUT2D eigenvalue weighted by molar-refractivity contribution is -0.153. The van der Waals surface area contributed by atoms with Gasteiger partial charge < -0.3 is 20.4 Å². The van der Waals surface area contributed by atoms with Crippen molar-refractivity contribution in [3.63, 3.8) is 0 Å². The summed E-state index contributed by atoms with van der Waals surface area (Å²) < 4.78 is 2.32. The van der Waals surface area contributed by atoms with Gasteiger partial charge in [-0.2, -0.15) is 0 Å². The van der Waals surface area contributed by atoms with E-state index in [1.807, 2.05) is 62.4 Å². The van der Waals surface area contributed by atoms with Gasteiger partial charge in [-0.3, -0.25) is 9.59 Å². The van der Waals surface area contributed by atoms with E-state index >= 15 is 0 Å². The number of hydrogen-bond acceptors (Lipinski definition) is 6. The Morgan fingerprint density at radius 2 is 1.57 bits per heavy atom. The predicted octanol–water partition coefficient (Wildman–Crippen LogP) is 3.32. The molecule has 2 amide bonds. The summed E-state index contributed by atoms with van der Waals surface area (Å²) in [5.74, 6) is -1.07. The average molecular weight is 502 g/mol. The van der Waals surface area contributed by atoms with E-state index in [9.17, 15) is 19.8 Å². The second kappa shape index (κ2) is 15.6. The van der Waals surface area contributed by atoms with Crippen molar-refractivity contribution in [2.75, 3.05) is 26.2 Å². The van der Waals surface area contributed by atoms with Crippen molar-refractivity contribution >= 4 is 23.8 Å². The van der Waals surface area contributed by atoms with Gasteiger partial charge in [0.2, 0.25) is 0 Å². The van der Waals surface area contributed by atoms with Crippen LogP contribution in [0.25, 0.3) is 0 Å². The Hall–Kier alpha value is -2.39. The first-order chi connectivity index (χ1) is 17.0. The van der Waals surface area contributed by atoms with Gasteiger partial charge in [0, 0.05) is 37.6 Å². The lowest BCUT2D eigenvalue weighted by atomic mass is 9.98. The molecular formula is C27H39N3O4S. The van der Waals surface area contributed by atoms with Crippen molar-refractivity contribution in [1.82, 2.24) is 14.5 Å². The second-order valence-corrected chi connectivity index (χ2v) is 9.42. The minimum Gasteiger partial charge on any atom is -0.380 e. The number of rotatable bonds is 10. The third-order valence-electron chi connectivity index (χ3n) is 5.85. The number of aliphatic hydroxyl groups excluding tert-OH is 2. The second-order valence-electron chi connectivity index (χ2n) is 8.25. The molecule has 3 N–H and O–H groups in total. The zero-order chi connectivity index (χ0) is 25.6. The van der Waals surface area contributed by atoms with Gasteiger partial charge in [-0.25, -0.2) is 4.31 Å². The van der Waals surface area contributed by atoms with E-state index in [4.69, 9.17) is 0 Å². The minimum absolute atomic E-state index is 0.298. The zero-order valence-electron chi connectivity index (χ0n) is 21.0. The van der Waals surface area contributed by atoms with Gasteiger partial charge in [0.25, 0.3) is 11.8 Å². The minimum atomic E-state index is -1.80. The molecule has 0 aliphatic carbocycles. The van der Waals surface area contributed by atoms with E-state index in [0.29, 0.717) is 25.6 Å². The van der Waals surface area contributed by atoms with E-state index < -0.39 is 24.0 Å². The highest BCUT2D eigenvalue weighted by molar-refractivity contribution is 7.97. The lowest BCUT2D eigenvalue weighted by Crippen LogP contribution is -2.51. The molecule has 1 heterocycles. The molecule has 1 saturated heterocycles. The number of piperidine rings is 1. The monoisotopic (exact) mass is 501 g/mol. The summed E-state index contributed by atoms with van der Waals surface area (Å²) in [5.41, 5.74) is 0.913. The van der Waals surface area contributed by atoms with Crippen molar-refractivity contribution < 1.29 is 19.8 Å². The predicted molar refractivity (Wildman–Crippen MR) is 141 cm³/mol. The summed E-state index contributed by atoms with van der Waals surface area (Å²) in [5, 5.41) is 23.3. The van der Waals surface area contributed by atoms with Crippen LogP contribution in [0.5, 0.6) is 0 Å². The maximum atomic E-state index is 12.6. The number of nitrogens with zero attached hydrogens (tertiary/aromatic N) is 2. The number of hydrogen-bond donors (Lipinski definition) is 3. The summed E-state index contributed by atoms with van der Waals surface area (Å²) in [6, 6.07) is 19.6. The van der Waals surface area contributed by atoms with Crippen LogP contribution in [0.1, 0.15) is 39.2 Å². The Labute approximate surface area is 213 Å². The fraction of sp³-hybridized carbons (Fsp3) is 0.481. The summed E-state index contributed by atoms with van der Waals surface area (Å²) in [6.07, 6.45) is -1.73. The van der Waals surface area contributed by atoms with Crippen LogP contribution < -0.4 is 5.32 Å². The molecular weight excluding hydrogens is 462 g/mol. The van der Waals surface area contributed by atoms with Gasteiger partial charge in [0.1, 0.15) is 0 Å². The highest BCUT2D eigenvalue weighted by Gasteiger charge is 2.33. The number of benzene rings is 2. The van der Waals surface area contributed by atoms with Crippen LogP contribution in [0.4, 0.5) is 0 Å². The largest absolute Gasteiger partial charge is 0.380 e. The van der Waals surface area contributed by atoms with Crippen LogP contribution in [-0.4, -0.2) is 69.6 Å². The quantitative estimate of drug-likeness (QED) is 0.433. The number of carbonyl (C=O) groups is 2. The van der Waals surface area contributed by atoms with E-state index in [1.165, 1.54) is 9.80 Å². The van der Waals surface area contributed by atoms with Crippen LogP contribution in [0.15, 0.2) is 65.6 Å². The Morgan fingerprint density at radius 1 is 1.00 bits per heavy atom. The van der Waals surface area contributed by atoms with E-state index in [1.54, 1.807) is 18.9 Å². The van der Waals surface area contributed by atoms with E-state index in [2.05, 4.69) is 21.8 Å². The van der Waals surface area contributed by atoms with Crippen molar-refractivity contribution in [3.8, 4) is 0 Å². The van der Waals surface area contributed by atoms with Crippen molar-refractivity contribution in [2.24, 2.45) is 5.92 Å². The number of carbonyl (C=O) groups excluding carboxylic acids is 2. The molecule has 0 aromatic heterocycles. The van der Waals surface area contributed by atoms with Crippen molar-refractivity contribution in [1.29, 1.82) is 0 Å². The normalized spacial score (nSPS) is 15.9. The molecule has 0 bridgehead atoms. The van der Waals surface area contributed by atoms with Gasteiger partial charge in [0.05, 0.1) is 0 Å². The Balaban J connectivity index is 0.00000210. The van der Waals surface area contributed by atoms with E-state index in [-0.39, 0.29) is 0 Å². The first-order valence-electron chi connectivity index (χ1n) is 12.4. The molecule has 2 atom stereocenters. The van der Waals surface area contributed by atoms with Gasteiger partial charge in [-0.05, 0) is 55.3 Å². The molecule has 0 saturated carbocycles. The first kappa shape index (κ1) is 28.8. The number of nitrogens with one attached hydrogen (secondary N) is 1. The Bertz CT molecular complexity index is 877. The molecule has 0 radical (unpaired) electrons. The third-order valence-corrected chi connectivity index (χ3v) is 6.95. The maximum absolute atomic E-state index is 12.6. The maximum Gasteiger partial charge on any atom is 0.254 e. The number of amides is 2. The fourth-order valence-corrected chi connectivity index (χ4v) is 4.77. The molecule has 3 rings (SSSR count). The van der Waals surface area contributed by atoms with Gasteiger partial charge in [-0.1, -0.05) is 62.4 Å². The molecule has 8 heteroatoms. The molecule has 35 heavy (non-hydrogen) atoms. The molecule has 1 aliphatic rings. The molecule has 7 nitrogen and oxygen atoms in total. The zero-order valence-corrected chi connectivity index (χ0v) is 21.8. The molecule has 2 aromatic rings. The van der Waals surface area contributed by atoms with Crippen LogP contribution in [0, 0.1) is 5.92 Å². The lowest BCUT2D eigenvalue weighted by Gasteiger charge is -2.31. The standard InChI is InChI=1S/C25H33N3O4S.C2H6/c1-2-27(18-20-9-5-3-6-10-20)25(32)23(30)22(29)24(31)26-17-19-13-15-28(16-14-19)33-21-11-7-4-8-12-21;1-2/h3-12,19,22-23,29-30H,2,13-18H2,1H3,(H,26,31);1-2H3/t22-,23-;/m1./s1. The molecule has 192 valence electrons. The summed E-state index contributed by atoms with van der Waals surface area (Å²) in [4.78, 5) is 27.7. The molecule has 0 unspecified atom stereocenters. The van der Waals surface area contributed by atoms with Crippen LogP contribution in [0.2, 0.25) is 0 Å². The molecule has 0 spiro atoms. The topological polar surface area (TPSA) is 93.1 Å². The van der Waals surface area contributed by atoms with Crippen molar-refractivity contribution in [3.05, 3.63) is 66.2 Å². The van der Waals surface area contributed by atoms with Gasteiger partial charge >= 0.3 is 0 Å². The first-order valence-corrected chi connectivity index (χ1v) is 13.2. The molecule has 1 aliphatic heterocycles. The number of aliphatic hydroxyl groups is 2. The number of likely N-dealkylation sites (N-methyl/N-ethyl adjacent to an activating group) is 1. The summed E-state index contributed by atoms with van der Waals surface area (Å²) >= 11 is 1.74. The van der Waals surface area contributed by atoms with Gasteiger partial charge in [-0.15, -0.1) is 0 Å². The Morgan fingerprint density at radius 3 is 2.14 bits per heavy atom. The SMILES string of the molecule is CC.CCN(Cc1ccccc1)C(=O)[C@H](O)[C@@H](O)C(=O)NCC1CCN(Sc2ccccc2)CC1. The van der Waals surface area contributed by atoms with E-state index in [0.717, 1.165) is 31.5 Å². The summed E-state index contributed by atoms with van der Waals surface area (Å²) in [6.45, 7) is 8.70. The van der Waals surface area contributed by atoms with Crippen LogP contribution in [0.3, 0.4) is 0 Å². The highest BCUT2D eigenvalue weighted by atomic mass is 32.2. The van der Waals surface area contributed by atoms with Gasteiger partial charge in [0.15, 0.2) is 12.2 Å². The highest BCUT2D eigenvalue weighted by Crippen LogP contribution is 2.27. The average Bonchev–Trinajstić information content (AvgIpc) is 2.92. The smallest absolute Gasteiger partial charge is 0.254 e. The molecule has 2 aromatic carbocycles. The third kappa shape index (κ3) is 9.29.